The SMILES string of the molecule is COc1ccc(C(=O)Oc2ccc(OC(=O)c3ccc(OC)cc3)c(=O)cc2)cc1. The van der Waals surface area contributed by atoms with Crippen molar-refractivity contribution in [3.8, 4) is 23.0 Å². The zero-order valence-corrected chi connectivity index (χ0v) is 16.3. The van der Waals surface area contributed by atoms with Crippen LogP contribution in [0.2, 0.25) is 0 Å². The van der Waals surface area contributed by atoms with Crippen LogP contribution in [0.3, 0.4) is 0 Å². The lowest BCUT2D eigenvalue weighted by Gasteiger charge is -2.04. The van der Waals surface area contributed by atoms with Crippen LogP contribution in [0.5, 0.6) is 23.0 Å². The van der Waals surface area contributed by atoms with Gasteiger partial charge in [-0.2, -0.15) is 0 Å². The zero-order valence-electron chi connectivity index (χ0n) is 16.3. The van der Waals surface area contributed by atoms with E-state index in [1.807, 2.05) is 0 Å². The van der Waals surface area contributed by atoms with Crippen molar-refractivity contribution >= 4 is 11.9 Å². The minimum atomic E-state index is -0.697. The summed E-state index contributed by atoms with van der Waals surface area (Å²) in [5, 5.41) is 0. The Hall–Kier alpha value is -4.13. The van der Waals surface area contributed by atoms with Gasteiger partial charge in [-0.25, -0.2) is 9.59 Å². The van der Waals surface area contributed by atoms with Crippen LogP contribution in [0.1, 0.15) is 20.7 Å². The highest BCUT2D eigenvalue weighted by Crippen LogP contribution is 2.17. The summed E-state index contributed by atoms with van der Waals surface area (Å²) in [7, 11) is 3.04. The van der Waals surface area contributed by atoms with Crippen molar-refractivity contribution in [2.24, 2.45) is 0 Å². The van der Waals surface area contributed by atoms with Crippen molar-refractivity contribution in [2.45, 2.75) is 0 Å². The van der Waals surface area contributed by atoms with E-state index in [4.69, 9.17) is 18.9 Å². The first-order valence-electron chi connectivity index (χ1n) is 8.87. The molecule has 3 rings (SSSR count). The third-order valence-electron chi connectivity index (χ3n) is 4.11. The second kappa shape index (κ2) is 9.38. The molecule has 0 aliphatic rings. The molecule has 0 saturated carbocycles. The number of carbonyl (C=O) groups is 2. The van der Waals surface area contributed by atoms with Crippen LogP contribution >= 0.6 is 0 Å². The number of rotatable bonds is 6. The second-order valence-electron chi connectivity index (χ2n) is 6.03. The smallest absolute Gasteiger partial charge is 0.343 e. The van der Waals surface area contributed by atoms with Gasteiger partial charge in [0.1, 0.15) is 17.2 Å². The molecular formula is C23H18O7. The van der Waals surface area contributed by atoms with Gasteiger partial charge in [-0.15, -0.1) is 0 Å². The van der Waals surface area contributed by atoms with Crippen molar-refractivity contribution in [3.63, 3.8) is 0 Å². The highest BCUT2D eigenvalue weighted by atomic mass is 16.5. The summed E-state index contributed by atoms with van der Waals surface area (Å²) in [5.41, 5.74) is 0.0345. The number of benzene rings is 2. The standard InChI is InChI=1S/C23H18O7/c1-27-17-7-3-15(4-8-17)22(25)29-19-11-13-20(24)21(14-12-19)30-23(26)16-5-9-18(28-2)10-6-16/h3-14H,1-2H3. The van der Waals surface area contributed by atoms with Gasteiger partial charge >= 0.3 is 11.9 Å². The van der Waals surface area contributed by atoms with E-state index in [0.717, 1.165) is 6.07 Å². The molecule has 152 valence electrons. The summed E-state index contributed by atoms with van der Waals surface area (Å²) in [6.07, 6.45) is 0. The number of hydrogen-bond acceptors (Lipinski definition) is 7. The van der Waals surface area contributed by atoms with E-state index in [1.54, 1.807) is 36.4 Å². The zero-order chi connectivity index (χ0) is 21.5. The van der Waals surface area contributed by atoms with Gasteiger partial charge in [0, 0.05) is 0 Å². The molecule has 0 fully saturated rings. The molecule has 0 spiro atoms. The first kappa shape index (κ1) is 20.6. The summed E-state index contributed by atoms with van der Waals surface area (Å²) >= 11 is 0. The molecule has 7 heteroatoms. The molecule has 0 saturated heterocycles. The summed E-state index contributed by atoms with van der Waals surface area (Å²) in [5.74, 6) is -0.171. The van der Waals surface area contributed by atoms with Crippen molar-refractivity contribution in [1.29, 1.82) is 0 Å². The predicted molar refractivity (Wildman–Crippen MR) is 109 cm³/mol. The summed E-state index contributed by atoms with van der Waals surface area (Å²) in [6, 6.07) is 17.8. The molecule has 30 heavy (non-hydrogen) atoms. The van der Waals surface area contributed by atoms with Gasteiger partial charge in [-0.3, -0.25) is 4.79 Å². The largest absolute Gasteiger partial charge is 0.497 e. The number of hydrogen-bond donors (Lipinski definition) is 0. The Labute approximate surface area is 172 Å². The highest BCUT2D eigenvalue weighted by molar-refractivity contribution is 5.91. The van der Waals surface area contributed by atoms with Gasteiger partial charge in [0.15, 0.2) is 5.75 Å². The fourth-order valence-corrected chi connectivity index (χ4v) is 2.47. The molecule has 3 aromatic carbocycles. The van der Waals surface area contributed by atoms with Gasteiger partial charge in [-0.05, 0) is 72.8 Å². The van der Waals surface area contributed by atoms with E-state index < -0.39 is 17.4 Å². The minimum absolute atomic E-state index is 0.125. The van der Waals surface area contributed by atoms with E-state index >= 15 is 0 Å². The number of carbonyl (C=O) groups excluding carboxylic acids is 2. The lowest BCUT2D eigenvalue weighted by atomic mass is 10.2. The molecule has 0 unspecified atom stereocenters. The van der Waals surface area contributed by atoms with Gasteiger partial charge in [0.2, 0.25) is 5.43 Å². The van der Waals surface area contributed by atoms with E-state index in [0.29, 0.717) is 17.1 Å². The molecule has 0 radical (unpaired) electrons. The van der Waals surface area contributed by atoms with Crippen molar-refractivity contribution in [2.75, 3.05) is 14.2 Å². The van der Waals surface area contributed by atoms with E-state index in [2.05, 4.69) is 0 Å². The monoisotopic (exact) mass is 406 g/mol. The molecule has 0 atom stereocenters. The maximum absolute atomic E-state index is 12.3. The van der Waals surface area contributed by atoms with Gasteiger partial charge in [0.25, 0.3) is 0 Å². The van der Waals surface area contributed by atoms with Gasteiger partial charge in [0.05, 0.1) is 25.3 Å². The number of methoxy groups -OCH3 is 2. The highest BCUT2D eigenvalue weighted by Gasteiger charge is 2.12. The molecule has 0 heterocycles. The molecule has 0 N–H and O–H groups in total. The van der Waals surface area contributed by atoms with E-state index in [-0.39, 0.29) is 17.1 Å². The maximum atomic E-state index is 12.3. The molecule has 3 aromatic rings. The van der Waals surface area contributed by atoms with Crippen molar-refractivity contribution < 1.29 is 28.5 Å². The van der Waals surface area contributed by atoms with Crippen LogP contribution in [-0.4, -0.2) is 26.2 Å². The fourth-order valence-electron chi connectivity index (χ4n) is 2.47. The van der Waals surface area contributed by atoms with E-state index in [9.17, 15) is 14.4 Å². The van der Waals surface area contributed by atoms with Crippen LogP contribution in [0, 0.1) is 0 Å². The quantitative estimate of drug-likeness (QED) is 0.579. The normalized spacial score (nSPS) is 10.1. The number of esters is 2. The second-order valence-corrected chi connectivity index (χ2v) is 6.03. The Balaban J connectivity index is 1.73. The Bertz CT molecular complexity index is 1100. The third-order valence-corrected chi connectivity index (χ3v) is 4.11. The maximum Gasteiger partial charge on any atom is 0.343 e. The minimum Gasteiger partial charge on any atom is -0.497 e. The molecule has 0 aliphatic heterocycles. The average molecular weight is 406 g/mol. The topological polar surface area (TPSA) is 88.1 Å². The van der Waals surface area contributed by atoms with Crippen molar-refractivity contribution in [1.82, 2.24) is 0 Å². The van der Waals surface area contributed by atoms with E-state index in [1.165, 1.54) is 44.6 Å². The Kier molecular flexibility index (Phi) is 6.44. The van der Waals surface area contributed by atoms with Gasteiger partial charge in [-0.1, -0.05) is 0 Å². The first-order valence-corrected chi connectivity index (χ1v) is 8.87. The Morgan fingerprint density at radius 2 is 1.00 bits per heavy atom. The summed E-state index contributed by atoms with van der Waals surface area (Å²) in [6.45, 7) is 0. The first-order chi connectivity index (χ1) is 14.5. The van der Waals surface area contributed by atoms with Crippen LogP contribution in [0.4, 0.5) is 0 Å². The molecule has 0 bridgehead atoms. The van der Waals surface area contributed by atoms with Crippen LogP contribution < -0.4 is 24.4 Å². The van der Waals surface area contributed by atoms with Gasteiger partial charge < -0.3 is 18.9 Å². The Morgan fingerprint density at radius 1 is 0.567 bits per heavy atom. The molecule has 7 nitrogen and oxygen atoms in total. The summed E-state index contributed by atoms with van der Waals surface area (Å²) in [4.78, 5) is 36.7. The van der Waals surface area contributed by atoms with Crippen LogP contribution in [0.25, 0.3) is 0 Å². The van der Waals surface area contributed by atoms with Crippen molar-refractivity contribution in [3.05, 3.63) is 94.1 Å². The Morgan fingerprint density at radius 3 is 1.50 bits per heavy atom. The van der Waals surface area contributed by atoms with Crippen LogP contribution in [0.15, 0.2) is 77.6 Å². The lowest BCUT2D eigenvalue weighted by molar-refractivity contribution is 0.0722. The third kappa shape index (κ3) is 5.02. The molecule has 0 amide bonds. The molecular weight excluding hydrogens is 388 g/mol. The lowest BCUT2D eigenvalue weighted by Crippen LogP contribution is -2.13. The fraction of sp³-hybridized carbons (Fsp3) is 0.0870. The predicted octanol–water partition coefficient (Wildman–Crippen LogP) is 3.50. The van der Waals surface area contributed by atoms with Crippen LogP contribution in [-0.2, 0) is 0 Å². The summed E-state index contributed by atoms with van der Waals surface area (Å²) < 4.78 is 20.6. The molecule has 0 aromatic heterocycles. The molecule has 0 aliphatic carbocycles. The number of ether oxygens (including phenoxy) is 4. The average Bonchev–Trinajstić information content (AvgIpc) is 2.95.